The van der Waals surface area contributed by atoms with Crippen LogP contribution in [0.1, 0.15) is 103 Å². The average Bonchev–Trinajstić information content (AvgIpc) is 3.43. The highest BCUT2D eigenvalue weighted by Crippen LogP contribution is 2.63. The Morgan fingerprint density at radius 3 is 2.35 bits per heavy atom. The van der Waals surface area contributed by atoms with Crippen molar-refractivity contribution in [1.82, 2.24) is 10.2 Å². The fourth-order valence-electron chi connectivity index (χ4n) is 9.13. The van der Waals surface area contributed by atoms with E-state index in [-0.39, 0.29) is 23.7 Å². The van der Waals surface area contributed by atoms with E-state index in [0.717, 1.165) is 31.7 Å². The van der Waals surface area contributed by atoms with E-state index >= 15 is 0 Å². The maximum Gasteiger partial charge on any atom is 0.222 e. The number of nitrogens with one attached hydrogen (secondary N) is 1. The first-order valence-electron chi connectivity index (χ1n) is 19.6. The van der Waals surface area contributed by atoms with Gasteiger partial charge in [0.05, 0.1) is 45.7 Å². The van der Waals surface area contributed by atoms with E-state index in [1.54, 1.807) is 19.8 Å². The summed E-state index contributed by atoms with van der Waals surface area (Å²) < 4.78 is 39.6. The predicted octanol–water partition coefficient (Wildman–Crippen LogP) is 6.59. The van der Waals surface area contributed by atoms with E-state index in [0.29, 0.717) is 82.6 Å². The number of rotatable bonds is 24. The maximum absolute atomic E-state index is 11.8. The second-order valence-electron chi connectivity index (χ2n) is 16.4. The van der Waals surface area contributed by atoms with Crippen molar-refractivity contribution in [2.75, 3.05) is 87.6 Å². The summed E-state index contributed by atoms with van der Waals surface area (Å²) in [5.74, 6) is 3.64. The number of benzene rings is 1. The molecule has 0 radical (unpaired) electrons. The number of unbranched alkanes of at least 4 members (excludes halogenated alkanes) is 2. The van der Waals surface area contributed by atoms with Crippen LogP contribution in [-0.4, -0.2) is 110 Å². The number of likely N-dealkylation sites (N-methyl/N-ethyl adjacent to an activating group) is 1. The van der Waals surface area contributed by atoms with Crippen LogP contribution in [0, 0.1) is 23.2 Å². The smallest absolute Gasteiger partial charge is 0.222 e. The molecule has 4 rings (SSSR count). The Hall–Kier alpha value is -1.79. The van der Waals surface area contributed by atoms with Crippen molar-refractivity contribution in [3.05, 3.63) is 29.3 Å². The van der Waals surface area contributed by atoms with Crippen molar-refractivity contribution >= 4 is 5.91 Å². The lowest BCUT2D eigenvalue weighted by atomic mass is 9.52. The predicted molar refractivity (Wildman–Crippen MR) is 200 cm³/mol. The Bertz CT molecular complexity index is 1160. The topological polar surface area (TPSA) is 97.0 Å². The third-order valence-corrected chi connectivity index (χ3v) is 11.5. The molecule has 0 bridgehead atoms. The Kier molecular flexibility index (Phi) is 17.4. The van der Waals surface area contributed by atoms with Crippen LogP contribution < -0.4 is 10.1 Å². The van der Waals surface area contributed by atoms with E-state index in [2.05, 4.69) is 42.4 Å². The number of nitrogens with zero attached hydrogens (tertiary/aromatic N) is 1. The van der Waals surface area contributed by atoms with E-state index in [1.165, 1.54) is 50.5 Å². The molecular weight excluding hydrogens is 648 g/mol. The number of ether oxygens (including phenoxy) is 7. The van der Waals surface area contributed by atoms with Gasteiger partial charge >= 0.3 is 0 Å². The lowest BCUT2D eigenvalue weighted by Crippen LogP contribution is -2.47. The lowest BCUT2D eigenvalue weighted by Gasteiger charge is -2.53. The zero-order valence-corrected chi connectivity index (χ0v) is 33.0. The summed E-state index contributed by atoms with van der Waals surface area (Å²) in [5, 5.41) is 2.93. The number of carbonyl (C=O) groups is 1. The molecule has 51 heavy (non-hydrogen) atoms. The van der Waals surface area contributed by atoms with Crippen molar-refractivity contribution in [3.63, 3.8) is 0 Å². The number of hydrogen-bond acceptors (Lipinski definition) is 9. The maximum atomic E-state index is 11.8. The van der Waals surface area contributed by atoms with E-state index < -0.39 is 0 Å². The van der Waals surface area contributed by atoms with E-state index in [4.69, 9.17) is 33.2 Å². The first-order chi connectivity index (χ1) is 24.6. The quantitative estimate of drug-likeness (QED) is 0.0939. The molecule has 6 atom stereocenters. The molecule has 1 amide bonds. The molecule has 10 heteroatoms. The van der Waals surface area contributed by atoms with Crippen LogP contribution >= 0.6 is 0 Å². The van der Waals surface area contributed by atoms with Crippen LogP contribution in [0.25, 0.3) is 0 Å². The Labute approximate surface area is 308 Å². The van der Waals surface area contributed by atoms with Crippen LogP contribution in [-0.2, 0) is 39.6 Å². The summed E-state index contributed by atoms with van der Waals surface area (Å²) in [6.07, 6.45) is 11.7. The summed E-state index contributed by atoms with van der Waals surface area (Å²) in [6.45, 7) is 14.3. The zero-order valence-electron chi connectivity index (χ0n) is 33.0. The fraction of sp³-hybridized carbons (Fsp3) is 0.829. The van der Waals surface area contributed by atoms with Gasteiger partial charge in [0.2, 0.25) is 5.91 Å². The SMILES string of the molecule is COCOc1ccc2c(c1)CC(CCCCCN(C)CCOCCOCCOCCC(=O)NC(C)(C)C)C1C2CCC2(C)C(OCOC)CCC12. The normalized spacial score (nSPS) is 25.8. The van der Waals surface area contributed by atoms with Gasteiger partial charge in [-0.05, 0) is 132 Å². The molecule has 6 unspecified atom stereocenters. The summed E-state index contributed by atoms with van der Waals surface area (Å²) >= 11 is 0. The summed E-state index contributed by atoms with van der Waals surface area (Å²) in [7, 11) is 5.59. The monoisotopic (exact) mass is 719 g/mol. The van der Waals surface area contributed by atoms with Gasteiger partial charge in [0.25, 0.3) is 0 Å². The van der Waals surface area contributed by atoms with Crippen molar-refractivity contribution in [2.45, 2.75) is 109 Å². The van der Waals surface area contributed by atoms with Crippen molar-refractivity contribution in [1.29, 1.82) is 0 Å². The van der Waals surface area contributed by atoms with Crippen LogP contribution in [0.3, 0.4) is 0 Å². The molecule has 0 spiro atoms. The highest BCUT2D eigenvalue weighted by molar-refractivity contribution is 5.76. The lowest BCUT2D eigenvalue weighted by molar-refractivity contribution is -0.128. The average molecular weight is 719 g/mol. The standard InChI is InChI=1S/C41H70N2O8/c1-40(2,3)42-38(44)17-21-47-23-25-49-26-24-48-22-20-43(5)19-10-8-9-11-31-27-32-28-33(50-29-45-6)12-13-34(32)35-16-18-41(4)36(39(31)35)14-15-37(41)51-30-46-7/h12-13,28,31,35-37,39H,8-11,14-27,29-30H2,1-7H3,(H,42,44). The summed E-state index contributed by atoms with van der Waals surface area (Å²) in [4.78, 5) is 14.2. The second-order valence-corrected chi connectivity index (χ2v) is 16.4. The van der Waals surface area contributed by atoms with Gasteiger partial charge in [-0.15, -0.1) is 0 Å². The first-order valence-corrected chi connectivity index (χ1v) is 19.6. The number of fused-ring (bicyclic) bond motifs is 5. The molecule has 2 fully saturated rings. The molecule has 1 aromatic rings. The minimum Gasteiger partial charge on any atom is -0.468 e. The molecule has 0 aliphatic heterocycles. The Balaban J connectivity index is 1.13. The molecule has 1 N–H and O–H groups in total. The van der Waals surface area contributed by atoms with Gasteiger partial charge in [-0.25, -0.2) is 0 Å². The highest BCUT2D eigenvalue weighted by Gasteiger charge is 2.57. The molecule has 292 valence electrons. The first kappa shape index (κ1) is 42.0. The molecule has 1 aromatic carbocycles. The van der Waals surface area contributed by atoms with Crippen LogP contribution in [0.15, 0.2) is 18.2 Å². The molecule has 0 aromatic heterocycles. The van der Waals surface area contributed by atoms with Crippen LogP contribution in [0.5, 0.6) is 5.75 Å². The molecule has 3 aliphatic carbocycles. The minimum atomic E-state index is -0.214. The molecule has 0 heterocycles. The molecule has 2 saturated carbocycles. The summed E-state index contributed by atoms with van der Waals surface area (Å²) in [5.41, 5.74) is 3.06. The third kappa shape index (κ3) is 12.9. The van der Waals surface area contributed by atoms with Crippen molar-refractivity contribution < 1.29 is 38.0 Å². The number of hydrogen-bond donors (Lipinski definition) is 1. The molecule has 0 saturated heterocycles. The second kappa shape index (κ2) is 21.2. The fourth-order valence-corrected chi connectivity index (χ4v) is 9.13. The van der Waals surface area contributed by atoms with Gasteiger partial charge < -0.3 is 43.4 Å². The van der Waals surface area contributed by atoms with Crippen molar-refractivity contribution in [2.24, 2.45) is 23.2 Å². The number of methoxy groups -OCH3 is 2. The van der Waals surface area contributed by atoms with Gasteiger partial charge in [0.15, 0.2) is 6.79 Å². The summed E-state index contributed by atoms with van der Waals surface area (Å²) in [6, 6.07) is 6.80. The Morgan fingerprint density at radius 1 is 0.902 bits per heavy atom. The number of amides is 1. The van der Waals surface area contributed by atoms with Gasteiger partial charge in [-0.1, -0.05) is 25.8 Å². The van der Waals surface area contributed by atoms with Gasteiger partial charge in [0, 0.05) is 32.7 Å². The zero-order chi connectivity index (χ0) is 36.7. The van der Waals surface area contributed by atoms with Crippen molar-refractivity contribution in [3.8, 4) is 5.75 Å². The third-order valence-electron chi connectivity index (χ3n) is 11.5. The molecular formula is C41H70N2O8. The highest BCUT2D eigenvalue weighted by atomic mass is 16.7. The number of carbonyl (C=O) groups excluding carboxylic acids is 1. The van der Waals surface area contributed by atoms with Crippen LogP contribution in [0.4, 0.5) is 0 Å². The molecule has 3 aliphatic rings. The van der Waals surface area contributed by atoms with E-state index in [1.807, 2.05) is 20.8 Å². The largest absolute Gasteiger partial charge is 0.468 e. The van der Waals surface area contributed by atoms with Gasteiger partial charge in [-0.3, -0.25) is 4.79 Å². The minimum absolute atomic E-state index is 0.00860. The van der Waals surface area contributed by atoms with E-state index in [9.17, 15) is 4.79 Å². The molecule has 10 nitrogen and oxygen atoms in total. The van der Waals surface area contributed by atoms with Gasteiger partial charge in [0.1, 0.15) is 12.5 Å². The van der Waals surface area contributed by atoms with Crippen LogP contribution in [0.2, 0.25) is 0 Å². The van der Waals surface area contributed by atoms with Gasteiger partial charge in [-0.2, -0.15) is 0 Å². The Morgan fingerprint density at radius 2 is 1.63 bits per heavy atom.